The standard InChI is InChI=1S/C8H7ClN2S/c9-6-1-2-8-10-3-7(5-12)11(8)4-6/h1-4,12H,5H2. The molecule has 0 aliphatic rings. The number of hydrogen-bond acceptors (Lipinski definition) is 2. The molecule has 0 amide bonds. The number of halogens is 1. The van der Waals surface area contributed by atoms with E-state index in [0.717, 1.165) is 11.3 Å². The Morgan fingerprint density at radius 1 is 1.50 bits per heavy atom. The van der Waals surface area contributed by atoms with E-state index in [1.807, 2.05) is 22.7 Å². The molecule has 2 nitrogen and oxygen atoms in total. The molecule has 0 saturated carbocycles. The number of hydrogen-bond donors (Lipinski definition) is 1. The molecule has 0 bridgehead atoms. The van der Waals surface area contributed by atoms with E-state index in [-0.39, 0.29) is 0 Å². The maximum Gasteiger partial charge on any atom is 0.136 e. The van der Waals surface area contributed by atoms with E-state index in [2.05, 4.69) is 17.6 Å². The molecule has 2 aromatic rings. The van der Waals surface area contributed by atoms with Crippen LogP contribution in [0.4, 0.5) is 0 Å². The first-order chi connectivity index (χ1) is 5.81. The van der Waals surface area contributed by atoms with Crippen LogP contribution in [0.15, 0.2) is 24.5 Å². The summed E-state index contributed by atoms with van der Waals surface area (Å²) < 4.78 is 1.94. The second kappa shape index (κ2) is 2.99. The largest absolute Gasteiger partial charge is 0.302 e. The lowest BCUT2D eigenvalue weighted by Gasteiger charge is -1.97. The lowest BCUT2D eigenvalue weighted by Crippen LogP contribution is -1.88. The molecular weight excluding hydrogens is 192 g/mol. The number of imidazole rings is 1. The van der Waals surface area contributed by atoms with Crippen molar-refractivity contribution < 1.29 is 0 Å². The van der Waals surface area contributed by atoms with E-state index in [0.29, 0.717) is 10.8 Å². The van der Waals surface area contributed by atoms with Gasteiger partial charge in [0.25, 0.3) is 0 Å². The minimum absolute atomic E-state index is 0.668. The van der Waals surface area contributed by atoms with Crippen LogP contribution in [0, 0.1) is 0 Å². The van der Waals surface area contributed by atoms with Crippen molar-refractivity contribution in [2.75, 3.05) is 0 Å². The van der Waals surface area contributed by atoms with Gasteiger partial charge in [-0.3, -0.25) is 0 Å². The predicted molar refractivity (Wildman–Crippen MR) is 52.9 cm³/mol. The zero-order valence-corrected chi connectivity index (χ0v) is 7.89. The van der Waals surface area contributed by atoms with E-state index < -0.39 is 0 Å². The third kappa shape index (κ3) is 1.19. The number of pyridine rings is 1. The van der Waals surface area contributed by atoms with Crippen molar-refractivity contribution >= 4 is 29.9 Å². The van der Waals surface area contributed by atoms with Crippen molar-refractivity contribution in [3.8, 4) is 0 Å². The van der Waals surface area contributed by atoms with E-state index in [1.165, 1.54) is 0 Å². The highest BCUT2D eigenvalue weighted by molar-refractivity contribution is 7.79. The Morgan fingerprint density at radius 3 is 3.08 bits per heavy atom. The molecule has 0 unspecified atom stereocenters. The molecule has 62 valence electrons. The molecule has 0 aromatic carbocycles. The van der Waals surface area contributed by atoms with E-state index in [4.69, 9.17) is 11.6 Å². The molecule has 0 aliphatic carbocycles. The maximum atomic E-state index is 5.83. The van der Waals surface area contributed by atoms with Crippen LogP contribution in [-0.2, 0) is 5.75 Å². The highest BCUT2D eigenvalue weighted by atomic mass is 35.5. The van der Waals surface area contributed by atoms with Gasteiger partial charge in [0.1, 0.15) is 5.65 Å². The number of aromatic nitrogens is 2. The molecule has 0 spiro atoms. The normalized spacial score (nSPS) is 10.8. The van der Waals surface area contributed by atoms with Crippen LogP contribution in [0.3, 0.4) is 0 Å². The van der Waals surface area contributed by atoms with Crippen molar-refractivity contribution in [2.45, 2.75) is 5.75 Å². The average Bonchev–Trinajstić information content (AvgIpc) is 2.46. The topological polar surface area (TPSA) is 17.3 Å². The van der Waals surface area contributed by atoms with Crippen LogP contribution >= 0.6 is 24.2 Å². The molecule has 12 heavy (non-hydrogen) atoms. The quantitative estimate of drug-likeness (QED) is 0.697. The molecule has 4 heteroatoms. The summed E-state index contributed by atoms with van der Waals surface area (Å²) in [5.74, 6) is 0.668. The monoisotopic (exact) mass is 198 g/mol. The Labute approximate surface area is 80.6 Å². The van der Waals surface area contributed by atoms with Crippen molar-refractivity contribution in [1.29, 1.82) is 0 Å². The molecular formula is C8H7ClN2S. The van der Waals surface area contributed by atoms with Crippen molar-refractivity contribution in [1.82, 2.24) is 9.38 Å². The Balaban J connectivity index is 2.75. The minimum Gasteiger partial charge on any atom is -0.302 e. The molecule has 0 N–H and O–H groups in total. The zero-order valence-electron chi connectivity index (χ0n) is 6.24. The first kappa shape index (κ1) is 7.95. The highest BCUT2D eigenvalue weighted by Crippen LogP contribution is 2.13. The van der Waals surface area contributed by atoms with Crippen LogP contribution in [0.5, 0.6) is 0 Å². The summed E-state index contributed by atoms with van der Waals surface area (Å²) >= 11 is 10.0. The van der Waals surface area contributed by atoms with Gasteiger partial charge in [-0.1, -0.05) is 11.6 Å². The summed E-state index contributed by atoms with van der Waals surface area (Å²) in [4.78, 5) is 4.19. The Kier molecular flexibility index (Phi) is 1.98. The molecule has 2 heterocycles. The van der Waals surface area contributed by atoms with Crippen molar-refractivity contribution in [3.05, 3.63) is 35.2 Å². The number of rotatable bonds is 1. The number of fused-ring (bicyclic) bond motifs is 1. The highest BCUT2D eigenvalue weighted by Gasteiger charge is 2.00. The first-order valence-corrected chi connectivity index (χ1v) is 4.54. The van der Waals surface area contributed by atoms with Crippen LogP contribution in [-0.4, -0.2) is 9.38 Å². The average molecular weight is 199 g/mol. The lowest BCUT2D eigenvalue weighted by atomic mass is 10.4. The number of thiol groups is 1. The first-order valence-electron chi connectivity index (χ1n) is 3.53. The Morgan fingerprint density at radius 2 is 2.33 bits per heavy atom. The van der Waals surface area contributed by atoms with Gasteiger partial charge in [0, 0.05) is 11.9 Å². The lowest BCUT2D eigenvalue weighted by molar-refractivity contribution is 1.10. The van der Waals surface area contributed by atoms with Gasteiger partial charge in [-0.05, 0) is 12.1 Å². The molecule has 0 atom stereocenters. The van der Waals surface area contributed by atoms with Gasteiger partial charge >= 0.3 is 0 Å². The SMILES string of the molecule is SCc1cnc2ccc(Cl)cn12. The summed E-state index contributed by atoms with van der Waals surface area (Å²) in [5.41, 5.74) is 1.96. The van der Waals surface area contributed by atoms with Gasteiger partial charge in [-0.2, -0.15) is 12.6 Å². The molecule has 2 aromatic heterocycles. The van der Waals surface area contributed by atoms with E-state index in [1.54, 1.807) is 6.20 Å². The molecule has 2 rings (SSSR count). The second-order valence-electron chi connectivity index (χ2n) is 2.48. The minimum atomic E-state index is 0.668. The van der Waals surface area contributed by atoms with Crippen LogP contribution in [0.25, 0.3) is 5.65 Å². The molecule has 0 radical (unpaired) electrons. The summed E-state index contributed by atoms with van der Waals surface area (Å²) in [5, 5.41) is 0.712. The maximum absolute atomic E-state index is 5.83. The summed E-state index contributed by atoms with van der Waals surface area (Å²) in [6, 6.07) is 3.71. The smallest absolute Gasteiger partial charge is 0.136 e. The zero-order chi connectivity index (χ0) is 8.55. The predicted octanol–water partition coefficient (Wildman–Crippen LogP) is 2.42. The van der Waals surface area contributed by atoms with Gasteiger partial charge in [0.05, 0.1) is 16.9 Å². The van der Waals surface area contributed by atoms with E-state index >= 15 is 0 Å². The van der Waals surface area contributed by atoms with Crippen LogP contribution < -0.4 is 0 Å². The summed E-state index contributed by atoms with van der Waals surface area (Å²) in [6.07, 6.45) is 3.65. The third-order valence-corrected chi connectivity index (χ3v) is 2.26. The van der Waals surface area contributed by atoms with Crippen molar-refractivity contribution in [3.63, 3.8) is 0 Å². The van der Waals surface area contributed by atoms with Crippen LogP contribution in [0.2, 0.25) is 5.02 Å². The van der Waals surface area contributed by atoms with E-state index in [9.17, 15) is 0 Å². The number of nitrogens with zero attached hydrogens (tertiary/aromatic N) is 2. The Bertz CT molecular complexity index is 410. The van der Waals surface area contributed by atoms with Gasteiger partial charge < -0.3 is 4.40 Å². The molecule has 0 aliphatic heterocycles. The van der Waals surface area contributed by atoms with Gasteiger partial charge in [0.15, 0.2) is 0 Å². The fourth-order valence-electron chi connectivity index (χ4n) is 1.12. The van der Waals surface area contributed by atoms with Crippen LogP contribution in [0.1, 0.15) is 5.69 Å². The fourth-order valence-corrected chi connectivity index (χ4v) is 1.52. The van der Waals surface area contributed by atoms with Gasteiger partial charge in [-0.15, -0.1) is 0 Å². The summed E-state index contributed by atoms with van der Waals surface area (Å²) in [6.45, 7) is 0. The van der Waals surface area contributed by atoms with Crippen molar-refractivity contribution in [2.24, 2.45) is 0 Å². The molecule has 0 fully saturated rings. The molecule has 0 saturated heterocycles. The van der Waals surface area contributed by atoms with Gasteiger partial charge in [0.2, 0.25) is 0 Å². The third-order valence-electron chi connectivity index (χ3n) is 1.71. The van der Waals surface area contributed by atoms with Gasteiger partial charge in [-0.25, -0.2) is 4.98 Å². The fraction of sp³-hybridized carbons (Fsp3) is 0.125. The Hall–Kier alpha value is -0.670. The summed E-state index contributed by atoms with van der Waals surface area (Å²) in [7, 11) is 0. The second-order valence-corrected chi connectivity index (χ2v) is 3.24.